The van der Waals surface area contributed by atoms with Gasteiger partial charge in [0.15, 0.2) is 0 Å². The number of nitrogens with zero attached hydrogens (tertiary/aromatic N) is 3. The van der Waals surface area contributed by atoms with E-state index in [9.17, 15) is 13.2 Å². The Bertz CT molecular complexity index is 1360. The fraction of sp³-hybridized carbons (Fsp3) is 0.467. The quantitative estimate of drug-likeness (QED) is 0.454. The minimum Gasteiger partial charge on any atom is -0.352 e. The number of hydrogen-bond acceptors (Lipinski definition) is 5. The molecule has 1 saturated heterocycles. The van der Waals surface area contributed by atoms with E-state index in [2.05, 4.69) is 10.2 Å². The molecule has 1 saturated carbocycles. The van der Waals surface area contributed by atoms with Crippen molar-refractivity contribution in [2.24, 2.45) is 5.92 Å². The van der Waals surface area contributed by atoms with Gasteiger partial charge in [0.05, 0.1) is 23.0 Å². The summed E-state index contributed by atoms with van der Waals surface area (Å²) in [5, 5.41) is 4.10. The summed E-state index contributed by atoms with van der Waals surface area (Å²) in [7, 11) is -3.21. The van der Waals surface area contributed by atoms with Gasteiger partial charge in [-0.1, -0.05) is 80.6 Å². The molecule has 7 nitrogen and oxygen atoms in total. The van der Waals surface area contributed by atoms with Crippen molar-refractivity contribution in [1.29, 1.82) is 0 Å². The van der Waals surface area contributed by atoms with E-state index in [4.69, 9.17) is 4.98 Å². The molecule has 0 radical (unpaired) electrons. The van der Waals surface area contributed by atoms with Crippen LogP contribution in [-0.4, -0.2) is 67.5 Å². The average molecular weight is 535 g/mol. The van der Waals surface area contributed by atoms with Gasteiger partial charge in [0.1, 0.15) is 0 Å². The summed E-state index contributed by atoms with van der Waals surface area (Å²) in [5.41, 5.74) is 4.17. The largest absolute Gasteiger partial charge is 0.352 e. The number of rotatable bonds is 8. The molecular weight excluding hydrogens is 496 g/mol. The van der Waals surface area contributed by atoms with Crippen molar-refractivity contribution in [2.75, 3.05) is 39.0 Å². The first-order valence-electron chi connectivity index (χ1n) is 13.8. The Morgan fingerprint density at radius 2 is 1.63 bits per heavy atom. The molecule has 2 fully saturated rings. The molecular formula is C30H38N4O3S. The highest BCUT2D eigenvalue weighted by Gasteiger charge is 2.27. The molecule has 5 rings (SSSR count). The van der Waals surface area contributed by atoms with Crippen LogP contribution >= 0.6 is 0 Å². The first-order valence-corrected chi connectivity index (χ1v) is 15.7. The van der Waals surface area contributed by atoms with Crippen LogP contribution in [0.25, 0.3) is 22.2 Å². The van der Waals surface area contributed by atoms with Crippen molar-refractivity contribution in [3.05, 3.63) is 65.7 Å². The van der Waals surface area contributed by atoms with Gasteiger partial charge >= 0.3 is 0 Å². The smallest absolute Gasteiger partial charge is 0.252 e. The van der Waals surface area contributed by atoms with E-state index in [0.717, 1.165) is 34.1 Å². The Labute approximate surface area is 226 Å². The Morgan fingerprint density at radius 1 is 0.947 bits per heavy atom. The molecule has 202 valence electrons. The molecule has 2 heterocycles. The summed E-state index contributed by atoms with van der Waals surface area (Å²) in [5.74, 6) is 0.644. The number of hydrogen-bond donors (Lipinski definition) is 1. The third kappa shape index (κ3) is 6.25. The zero-order chi connectivity index (χ0) is 26.5. The second kappa shape index (κ2) is 11.9. The summed E-state index contributed by atoms with van der Waals surface area (Å²) in [4.78, 5) is 21.2. The van der Waals surface area contributed by atoms with E-state index < -0.39 is 10.0 Å². The Hall–Kier alpha value is -2.81. The lowest BCUT2D eigenvalue weighted by Gasteiger charge is -2.34. The van der Waals surface area contributed by atoms with Gasteiger partial charge in [0.2, 0.25) is 10.0 Å². The predicted octanol–water partition coefficient (Wildman–Crippen LogP) is 4.68. The van der Waals surface area contributed by atoms with Crippen LogP contribution in [0.2, 0.25) is 0 Å². The van der Waals surface area contributed by atoms with Crippen molar-refractivity contribution in [3.8, 4) is 11.3 Å². The molecule has 1 aromatic heterocycles. The number of para-hydroxylation sites is 1. The highest BCUT2D eigenvalue weighted by molar-refractivity contribution is 7.88. The molecule has 3 aromatic rings. The van der Waals surface area contributed by atoms with Gasteiger partial charge in [0.25, 0.3) is 5.91 Å². The minimum atomic E-state index is -3.21. The maximum absolute atomic E-state index is 13.9. The second-order valence-corrected chi connectivity index (χ2v) is 12.7. The highest BCUT2D eigenvalue weighted by atomic mass is 32.2. The Morgan fingerprint density at radius 3 is 2.34 bits per heavy atom. The number of pyridine rings is 1. The van der Waals surface area contributed by atoms with Gasteiger partial charge in [-0.15, -0.1) is 0 Å². The molecule has 1 N–H and O–H groups in total. The van der Waals surface area contributed by atoms with Crippen LogP contribution in [0.15, 0.2) is 54.6 Å². The number of fused-ring (bicyclic) bond motifs is 1. The number of benzene rings is 2. The monoisotopic (exact) mass is 534 g/mol. The van der Waals surface area contributed by atoms with Crippen molar-refractivity contribution < 1.29 is 13.2 Å². The molecule has 0 atom stereocenters. The van der Waals surface area contributed by atoms with Gasteiger partial charge in [-0.25, -0.2) is 13.4 Å². The van der Waals surface area contributed by atoms with Gasteiger partial charge in [-0.05, 0) is 18.4 Å². The van der Waals surface area contributed by atoms with E-state index in [-0.39, 0.29) is 5.91 Å². The van der Waals surface area contributed by atoms with Gasteiger partial charge in [-0.2, -0.15) is 4.31 Å². The molecule has 1 amide bonds. The first kappa shape index (κ1) is 26.8. The zero-order valence-electron chi connectivity index (χ0n) is 22.2. The molecule has 2 aliphatic rings. The SMILES string of the molecule is CS(=O)(=O)N1CCN(Cc2c(-c3ccccc3)nc3ccccc3c2C(=O)NCCC2CCCCC2)CC1. The van der Waals surface area contributed by atoms with E-state index in [1.54, 1.807) is 0 Å². The molecule has 1 aliphatic carbocycles. The number of aromatic nitrogens is 1. The van der Waals surface area contributed by atoms with Crippen LogP contribution in [0, 0.1) is 5.92 Å². The van der Waals surface area contributed by atoms with E-state index in [1.165, 1.54) is 42.7 Å². The summed E-state index contributed by atoms with van der Waals surface area (Å²) in [6.07, 6.45) is 8.72. The van der Waals surface area contributed by atoms with Crippen LogP contribution in [-0.2, 0) is 16.6 Å². The number of amides is 1. The lowest BCUT2D eigenvalue weighted by atomic mass is 9.87. The van der Waals surface area contributed by atoms with Crippen LogP contribution in [0.4, 0.5) is 0 Å². The fourth-order valence-corrected chi connectivity index (χ4v) is 6.72. The summed E-state index contributed by atoms with van der Waals surface area (Å²) in [6.45, 7) is 3.32. The number of carbonyl (C=O) groups is 1. The van der Waals surface area contributed by atoms with Crippen LogP contribution < -0.4 is 5.32 Å². The predicted molar refractivity (Wildman–Crippen MR) is 152 cm³/mol. The topological polar surface area (TPSA) is 82.6 Å². The lowest BCUT2D eigenvalue weighted by molar-refractivity contribution is 0.0949. The summed E-state index contributed by atoms with van der Waals surface area (Å²) >= 11 is 0. The molecule has 0 unspecified atom stereocenters. The van der Waals surface area contributed by atoms with E-state index in [0.29, 0.717) is 50.7 Å². The molecule has 2 aromatic carbocycles. The van der Waals surface area contributed by atoms with E-state index in [1.807, 2.05) is 54.6 Å². The summed E-state index contributed by atoms with van der Waals surface area (Å²) in [6, 6.07) is 17.9. The minimum absolute atomic E-state index is 0.0543. The van der Waals surface area contributed by atoms with Crippen LogP contribution in [0.1, 0.15) is 54.4 Å². The number of nitrogens with one attached hydrogen (secondary N) is 1. The van der Waals surface area contributed by atoms with Crippen molar-refractivity contribution in [3.63, 3.8) is 0 Å². The third-order valence-electron chi connectivity index (χ3n) is 8.01. The lowest BCUT2D eigenvalue weighted by Crippen LogP contribution is -2.48. The number of sulfonamides is 1. The van der Waals surface area contributed by atoms with Crippen LogP contribution in [0.5, 0.6) is 0 Å². The van der Waals surface area contributed by atoms with Crippen molar-refractivity contribution in [1.82, 2.24) is 19.5 Å². The molecule has 0 bridgehead atoms. The maximum atomic E-state index is 13.9. The van der Waals surface area contributed by atoms with Crippen molar-refractivity contribution >= 4 is 26.8 Å². The van der Waals surface area contributed by atoms with Gasteiger partial charge in [0, 0.05) is 55.8 Å². The Balaban J connectivity index is 1.48. The maximum Gasteiger partial charge on any atom is 0.252 e. The number of carbonyl (C=O) groups excluding carboxylic acids is 1. The first-order chi connectivity index (χ1) is 18.4. The van der Waals surface area contributed by atoms with Gasteiger partial charge < -0.3 is 5.32 Å². The second-order valence-electron chi connectivity index (χ2n) is 10.7. The fourth-order valence-electron chi connectivity index (χ4n) is 5.90. The number of piperazine rings is 1. The van der Waals surface area contributed by atoms with E-state index >= 15 is 0 Å². The molecule has 8 heteroatoms. The zero-order valence-corrected chi connectivity index (χ0v) is 23.0. The summed E-state index contributed by atoms with van der Waals surface area (Å²) < 4.78 is 25.6. The van der Waals surface area contributed by atoms with Crippen LogP contribution in [0.3, 0.4) is 0 Å². The molecule has 38 heavy (non-hydrogen) atoms. The Kier molecular flexibility index (Phi) is 8.41. The third-order valence-corrected chi connectivity index (χ3v) is 9.32. The standard InChI is InChI=1S/C30H38N4O3S/c1-38(36,37)34-20-18-33(19-21-34)22-26-28(30(35)31-17-16-23-10-4-2-5-11-23)25-14-8-9-15-27(25)32-29(26)24-12-6-3-7-13-24/h3,6-9,12-15,23H,2,4-5,10-11,16-22H2,1H3,(H,31,35). The highest BCUT2D eigenvalue weighted by Crippen LogP contribution is 2.32. The normalized spacial score (nSPS) is 18.0. The average Bonchev–Trinajstić information content (AvgIpc) is 2.93. The van der Waals surface area contributed by atoms with Crippen molar-refractivity contribution in [2.45, 2.75) is 45.1 Å². The molecule has 0 spiro atoms. The van der Waals surface area contributed by atoms with Gasteiger partial charge in [-0.3, -0.25) is 9.69 Å². The molecule has 1 aliphatic heterocycles.